The van der Waals surface area contributed by atoms with Crippen LogP contribution >= 0.6 is 11.3 Å². The SMILES string of the molecule is Cc1ccc(-c2csc3ncn(CCC(=O)NCCC(C)N)c(=O)c23)cc1. The Bertz CT molecular complexity index is 989. The minimum Gasteiger partial charge on any atom is -0.356 e. The first kappa shape index (κ1) is 19.3. The van der Waals surface area contributed by atoms with Gasteiger partial charge in [-0.2, -0.15) is 0 Å². The zero-order valence-corrected chi connectivity index (χ0v) is 16.4. The minimum atomic E-state index is -0.111. The largest absolute Gasteiger partial charge is 0.356 e. The molecule has 0 aliphatic heterocycles. The molecule has 1 amide bonds. The topological polar surface area (TPSA) is 90.0 Å². The predicted molar refractivity (Wildman–Crippen MR) is 110 cm³/mol. The number of hydrogen-bond donors (Lipinski definition) is 2. The average molecular weight is 385 g/mol. The van der Waals surface area contributed by atoms with Crippen molar-refractivity contribution in [2.45, 2.75) is 39.3 Å². The molecule has 0 bridgehead atoms. The van der Waals surface area contributed by atoms with E-state index < -0.39 is 0 Å². The molecule has 27 heavy (non-hydrogen) atoms. The lowest BCUT2D eigenvalue weighted by Gasteiger charge is -2.09. The summed E-state index contributed by atoms with van der Waals surface area (Å²) in [6.45, 7) is 4.78. The highest BCUT2D eigenvalue weighted by Crippen LogP contribution is 2.30. The van der Waals surface area contributed by atoms with E-state index in [1.54, 1.807) is 0 Å². The minimum absolute atomic E-state index is 0.0540. The van der Waals surface area contributed by atoms with E-state index in [0.29, 0.717) is 23.3 Å². The molecule has 142 valence electrons. The lowest BCUT2D eigenvalue weighted by molar-refractivity contribution is -0.121. The van der Waals surface area contributed by atoms with Gasteiger partial charge in [0.05, 0.1) is 11.7 Å². The number of fused-ring (bicyclic) bond motifs is 1. The van der Waals surface area contributed by atoms with Crippen LogP contribution in [-0.2, 0) is 11.3 Å². The summed E-state index contributed by atoms with van der Waals surface area (Å²) >= 11 is 1.46. The summed E-state index contributed by atoms with van der Waals surface area (Å²) in [7, 11) is 0. The number of amides is 1. The molecular formula is C20H24N4O2S. The highest BCUT2D eigenvalue weighted by molar-refractivity contribution is 7.17. The van der Waals surface area contributed by atoms with Crippen LogP contribution in [0.25, 0.3) is 21.3 Å². The standard InChI is InChI=1S/C20H24N4O2S/c1-13-3-5-15(6-4-13)16-11-27-19-18(16)20(26)24(12-23-19)10-8-17(25)22-9-7-14(2)21/h3-6,11-12,14H,7-10,21H2,1-2H3,(H,22,25). The van der Waals surface area contributed by atoms with Gasteiger partial charge >= 0.3 is 0 Å². The summed E-state index contributed by atoms with van der Waals surface area (Å²) in [6.07, 6.45) is 2.49. The average Bonchev–Trinajstić information content (AvgIpc) is 3.06. The first-order valence-corrected chi connectivity index (χ1v) is 9.89. The molecule has 0 aliphatic carbocycles. The second kappa shape index (κ2) is 8.45. The van der Waals surface area contributed by atoms with Crippen molar-refractivity contribution in [3.05, 3.63) is 51.9 Å². The van der Waals surface area contributed by atoms with Crippen LogP contribution in [0.2, 0.25) is 0 Å². The Morgan fingerprint density at radius 2 is 2.07 bits per heavy atom. The maximum absolute atomic E-state index is 12.9. The number of nitrogens with one attached hydrogen (secondary N) is 1. The third-order valence-corrected chi connectivity index (χ3v) is 5.31. The fourth-order valence-electron chi connectivity index (χ4n) is 2.82. The zero-order valence-electron chi connectivity index (χ0n) is 15.6. The van der Waals surface area contributed by atoms with Gasteiger partial charge in [0.2, 0.25) is 5.91 Å². The summed E-state index contributed by atoms with van der Waals surface area (Å²) in [6, 6.07) is 8.14. The fourth-order valence-corrected chi connectivity index (χ4v) is 3.73. The first-order valence-electron chi connectivity index (χ1n) is 9.01. The van der Waals surface area contributed by atoms with Crippen LogP contribution in [0, 0.1) is 6.92 Å². The van der Waals surface area contributed by atoms with E-state index in [4.69, 9.17) is 5.73 Å². The van der Waals surface area contributed by atoms with Crippen molar-refractivity contribution in [1.82, 2.24) is 14.9 Å². The van der Waals surface area contributed by atoms with Crippen molar-refractivity contribution in [3.8, 4) is 11.1 Å². The van der Waals surface area contributed by atoms with Gasteiger partial charge in [0, 0.05) is 36.5 Å². The number of nitrogens with zero attached hydrogens (tertiary/aromatic N) is 2. The number of benzene rings is 1. The monoisotopic (exact) mass is 384 g/mol. The molecule has 0 radical (unpaired) electrons. The number of hydrogen-bond acceptors (Lipinski definition) is 5. The van der Waals surface area contributed by atoms with E-state index in [9.17, 15) is 9.59 Å². The Morgan fingerprint density at radius 1 is 1.33 bits per heavy atom. The molecule has 1 atom stereocenters. The van der Waals surface area contributed by atoms with Crippen LogP contribution in [-0.4, -0.2) is 28.0 Å². The Morgan fingerprint density at radius 3 is 2.78 bits per heavy atom. The highest BCUT2D eigenvalue weighted by Gasteiger charge is 2.14. The Balaban J connectivity index is 1.78. The molecule has 0 fully saturated rings. The van der Waals surface area contributed by atoms with Crippen molar-refractivity contribution in [2.75, 3.05) is 6.54 Å². The number of rotatable bonds is 7. The molecule has 3 aromatic rings. The lowest BCUT2D eigenvalue weighted by Crippen LogP contribution is -2.30. The van der Waals surface area contributed by atoms with Gasteiger partial charge < -0.3 is 11.1 Å². The first-order chi connectivity index (χ1) is 13.0. The van der Waals surface area contributed by atoms with Crippen LogP contribution < -0.4 is 16.6 Å². The van der Waals surface area contributed by atoms with E-state index >= 15 is 0 Å². The van der Waals surface area contributed by atoms with Crippen molar-refractivity contribution < 1.29 is 4.79 Å². The summed E-state index contributed by atoms with van der Waals surface area (Å²) in [5.41, 5.74) is 8.62. The summed E-state index contributed by atoms with van der Waals surface area (Å²) < 4.78 is 1.51. The highest BCUT2D eigenvalue weighted by atomic mass is 32.1. The summed E-state index contributed by atoms with van der Waals surface area (Å²) in [5, 5.41) is 5.41. The molecule has 6 nitrogen and oxygen atoms in total. The molecule has 2 heterocycles. The number of aryl methyl sites for hydroxylation is 2. The lowest BCUT2D eigenvalue weighted by atomic mass is 10.1. The molecule has 3 N–H and O–H groups in total. The maximum Gasteiger partial charge on any atom is 0.262 e. The molecular weight excluding hydrogens is 360 g/mol. The van der Waals surface area contributed by atoms with Crippen LogP contribution in [0.4, 0.5) is 0 Å². The van der Waals surface area contributed by atoms with Crippen molar-refractivity contribution in [3.63, 3.8) is 0 Å². The van der Waals surface area contributed by atoms with Crippen LogP contribution in [0.15, 0.2) is 40.8 Å². The number of thiophene rings is 1. The third kappa shape index (κ3) is 4.61. The second-order valence-electron chi connectivity index (χ2n) is 6.80. The Kier molecular flexibility index (Phi) is 6.03. The smallest absolute Gasteiger partial charge is 0.262 e. The van der Waals surface area contributed by atoms with Gasteiger partial charge in [-0.25, -0.2) is 4.98 Å². The van der Waals surface area contributed by atoms with E-state index in [-0.39, 0.29) is 23.9 Å². The van der Waals surface area contributed by atoms with Gasteiger partial charge in [-0.1, -0.05) is 29.8 Å². The van der Waals surface area contributed by atoms with E-state index in [2.05, 4.69) is 10.3 Å². The zero-order chi connectivity index (χ0) is 19.4. The molecule has 0 saturated carbocycles. The maximum atomic E-state index is 12.9. The predicted octanol–water partition coefficient (Wildman–Crippen LogP) is 2.68. The molecule has 0 spiro atoms. The van der Waals surface area contributed by atoms with Crippen molar-refractivity contribution in [1.29, 1.82) is 0 Å². The second-order valence-corrected chi connectivity index (χ2v) is 7.66. The fraction of sp³-hybridized carbons (Fsp3) is 0.350. The third-order valence-electron chi connectivity index (χ3n) is 4.42. The summed E-state index contributed by atoms with van der Waals surface area (Å²) in [5.74, 6) is -0.0910. The molecule has 0 saturated heterocycles. The van der Waals surface area contributed by atoms with Gasteiger partial charge in [-0.05, 0) is 25.8 Å². The summed E-state index contributed by atoms with van der Waals surface area (Å²) in [4.78, 5) is 30.0. The van der Waals surface area contributed by atoms with E-state index in [0.717, 1.165) is 17.5 Å². The van der Waals surface area contributed by atoms with Gasteiger partial charge in [0.15, 0.2) is 0 Å². The number of carbonyl (C=O) groups is 1. The van der Waals surface area contributed by atoms with Crippen LogP contribution in [0.3, 0.4) is 0 Å². The van der Waals surface area contributed by atoms with Crippen LogP contribution in [0.1, 0.15) is 25.3 Å². The molecule has 0 aliphatic rings. The van der Waals surface area contributed by atoms with E-state index in [1.807, 2.05) is 43.5 Å². The number of nitrogens with two attached hydrogens (primary N) is 1. The van der Waals surface area contributed by atoms with Gasteiger partial charge in [-0.3, -0.25) is 14.2 Å². The van der Waals surface area contributed by atoms with E-state index in [1.165, 1.54) is 27.8 Å². The van der Waals surface area contributed by atoms with Gasteiger partial charge in [0.1, 0.15) is 4.83 Å². The normalized spacial score (nSPS) is 12.3. The Hall–Kier alpha value is -2.51. The van der Waals surface area contributed by atoms with Crippen molar-refractivity contribution in [2.24, 2.45) is 5.73 Å². The van der Waals surface area contributed by atoms with Crippen LogP contribution in [0.5, 0.6) is 0 Å². The molecule has 1 aromatic carbocycles. The quantitative estimate of drug-likeness (QED) is 0.655. The Labute approximate surface area is 162 Å². The van der Waals surface area contributed by atoms with Gasteiger partial charge in [-0.15, -0.1) is 11.3 Å². The molecule has 2 aromatic heterocycles. The molecule has 7 heteroatoms. The van der Waals surface area contributed by atoms with Crippen molar-refractivity contribution >= 4 is 27.5 Å². The molecule has 3 rings (SSSR count). The number of carbonyl (C=O) groups excluding carboxylic acids is 1. The number of aromatic nitrogens is 2. The van der Waals surface area contributed by atoms with Gasteiger partial charge in [0.25, 0.3) is 5.56 Å². The molecule has 1 unspecified atom stereocenters.